The second-order valence-electron chi connectivity index (χ2n) is 3.63. The van der Waals surface area contributed by atoms with Crippen molar-refractivity contribution in [2.75, 3.05) is 0 Å². The third-order valence-corrected chi connectivity index (χ3v) is 3.26. The molecular weight excluding hydrogens is 274 g/mol. The fraction of sp³-hybridized carbons (Fsp3) is 0.0909. The van der Waals surface area contributed by atoms with E-state index in [1.165, 1.54) is 6.20 Å². The lowest BCUT2D eigenvalue weighted by molar-refractivity contribution is 0.595. The predicted octanol–water partition coefficient (Wildman–Crippen LogP) is 2.07. The number of hydrogen-bond donors (Lipinski definition) is 0. The van der Waals surface area contributed by atoms with Crippen LogP contribution in [0, 0.1) is 13.2 Å². The largest absolute Gasteiger partial charge is 0.354 e. The molecule has 0 atom stereocenters. The standard InChI is InChI=1S/C11H9ClN3O2S/c1-7-4-3-5-13-9(7)10-8(12)6-14-11(15-10)18(2,16)17/h3-6H,2H2,1H3/q+1. The minimum absolute atomic E-state index is 0.240. The van der Waals surface area contributed by atoms with Crippen molar-refractivity contribution in [1.82, 2.24) is 15.0 Å². The van der Waals surface area contributed by atoms with Gasteiger partial charge in [-0.2, -0.15) is 8.42 Å². The van der Waals surface area contributed by atoms with Crippen molar-refractivity contribution in [3.8, 4) is 11.4 Å². The van der Waals surface area contributed by atoms with Crippen molar-refractivity contribution < 1.29 is 8.42 Å². The third-order valence-electron chi connectivity index (χ3n) is 2.23. The number of halogens is 1. The molecule has 0 amide bonds. The molecule has 0 aliphatic heterocycles. The van der Waals surface area contributed by atoms with Gasteiger partial charge < -0.3 is 0 Å². The van der Waals surface area contributed by atoms with E-state index in [1.54, 1.807) is 12.3 Å². The number of aromatic nitrogens is 3. The summed E-state index contributed by atoms with van der Waals surface area (Å²) >= 11 is 5.97. The van der Waals surface area contributed by atoms with Gasteiger partial charge in [0.05, 0.1) is 16.9 Å². The average Bonchev–Trinajstić information content (AvgIpc) is 2.29. The summed E-state index contributed by atoms with van der Waals surface area (Å²) in [5.41, 5.74) is 1.65. The first kappa shape index (κ1) is 12.8. The van der Waals surface area contributed by atoms with Gasteiger partial charge in [0.2, 0.25) is 0 Å². The Morgan fingerprint density at radius 2 is 2.00 bits per heavy atom. The fourth-order valence-corrected chi connectivity index (χ4v) is 2.02. The monoisotopic (exact) mass is 282 g/mol. The van der Waals surface area contributed by atoms with Crippen LogP contribution in [-0.4, -0.2) is 23.4 Å². The molecule has 18 heavy (non-hydrogen) atoms. The highest BCUT2D eigenvalue weighted by molar-refractivity contribution is 7.92. The molecule has 2 heterocycles. The summed E-state index contributed by atoms with van der Waals surface area (Å²) in [6, 6.07) is 3.60. The molecule has 0 saturated carbocycles. The summed E-state index contributed by atoms with van der Waals surface area (Å²) in [5, 5.41) is -0.129. The second-order valence-corrected chi connectivity index (χ2v) is 5.63. The van der Waals surface area contributed by atoms with Crippen molar-refractivity contribution >= 4 is 21.4 Å². The number of rotatable bonds is 2. The van der Waals surface area contributed by atoms with Crippen molar-refractivity contribution in [1.29, 1.82) is 0 Å². The first-order chi connectivity index (χ1) is 8.39. The molecule has 2 aromatic rings. The Kier molecular flexibility index (Phi) is 3.23. The molecule has 0 aliphatic carbocycles. The van der Waals surface area contributed by atoms with Gasteiger partial charge in [-0.05, 0) is 18.6 Å². The van der Waals surface area contributed by atoms with Crippen molar-refractivity contribution in [3.63, 3.8) is 0 Å². The molecule has 5 nitrogen and oxygen atoms in total. The summed E-state index contributed by atoms with van der Waals surface area (Å²) in [6.45, 7) is 1.83. The molecule has 92 valence electrons. The highest BCUT2D eigenvalue weighted by Gasteiger charge is 2.21. The zero-order valence-corrected chi connectivity index (χ0v) is 11.0. The van der Waals surface area contributed by atoms with Crippen molar-refractivity contribution in [2.24, 2.45) is 0 Å². The Labute approximate surface area is 110 Å². The van der Waals surface area contributed by atoms with Crippen LogP contribution in [0.4, 0.5) is 0 Å². The summed E-state index contributed by atoms with van der Waals surface area (Å²) in [4.78, 5) is 11.7. The third kappa shape index (κ3) is 2.44. The van der Waals surface area contributed by atoms with E-state index < -0.39 is 9.84 Å². The van der Waals surface area contributed by atoms with Crippen LogP contribution in [0.15, 0.2) is 29.7 Å². The molecule has 0 unspecified atom stereocenters. The van der Waals surface area contributed by atoms with Gasteiger partial charge in [-0.15, -0.1) is 0 Å². The Balaban J connectivity index is 2.69. The lowest BCUT2D eigenvalue weighted by Crippen LogP contribution is -2.04. The molecule has 0 saturated heterocycles. The van der Waals surface area contributed by atoms with Crippen LogP contribution in [0.5, 0.6) is 0 Å². The molecule has 7 heteroatoms. The summed E-state index contributed by atoms with van der Waals surface area (Å²) in [6.07, 6.45) is 5.83. The van der Waals surface area contributed by atoms with E-state index in [0.29, 0.717) is 5.69 Å². The van der Waals surface area contributed by atoms with E-state index in [2.05, 4.69) is 21.2 Å². The zero-order valence-electron chi connectivity index (χ0n) is 9.46. The quantitative estimate of drug-likeness (QED) is 0.623. The molecule has 2 aromatic heterocycles. The van der Waals surface area contributed by atoms with Gasteiger partial charge in [0.1, 0.15) is 5.69 Å². The number of nitrogens with zero attached hydrogens (tertiary/aromatic N) is 3. The van der Waals surface area contributed by atoms with E-state index in [4.69, 9.17) is 11.6 Å². The van der Waals surface area contributed by atoms with Gasteiger partial charge in [-0.3, -0.25) is 4.98 Å². The van der Waals surface area contributed by atoms with Gasteiger partial charge in [-0.25, -0.2) is 9.97 Å². The van der Waals surface area contributed by atoms with Gasteiger partial charge in [0, 0.05) is 6.20 Å². The number of hydrogen-bond acceptors (Lipinski definition) is 5. The molecule has 0 bridgehead atoms. The average molecular weight is 283 g/mol. The van der Waals surface area contributed by atoms with E-state index >= 15 is 0 Å². The lowest BCUT2D eigenvalue weighted by Gasteiger charge is -2.05. The first-order valence-electron chi connectivity index (χ1n) is 4.92. The first-order valence-corrected chi connectivity index (χ1v) is 6.95. The maximum absolute atomic E-state index is 11.3. The highest BCUT2D eigenvalue weighted by Crippen LogP contribution is 2.26. The molecule has 2 rings (SSSR count). The van der Waals surface area contributed by atoms with Gasteiger partial charge in [0.15, 0.2) is 6.26 Å². The molecule has 0 aromatic carbocycles. The van der Waals surface area contributed by atoms with Crippen LogP contribution >= 0.6 is 11.6 Å². The van der Waals surface area contributed by atoms with E-state index in [1.807, 2.05) is 13.0 Å². The van der Waals surface area contributed by atoms with Crippen molar-refractivity contribution in [3.05, 3.63) is 41.4 Å². The predicted molar refractivity (Wildman–Crippen MR) is 67.6 cm³/mol. The van der Waals surface area contributed by atoms with Gasteiger partial charge >= 0.3 is 9.84 Å². The number of aryl methyl sites for hydroxylation is 1. The molecule has 0 spiro atoms. The highest BCUT2D eigenvalue weighted by atomic mass is 35.5. The SMILES string of the molecule is [CH2+]S(=O)(=O)c1ncc(Cl)c(-c2ncccc2C)n1. The van der Waals surface area contributed by atoms with Crippen LogP contribution in [0.25, 0.3) is 11.4 Å². The van der Waals surface area contributed by atoms with Crippen LogP contribution in [0.2, 0.25) is 5.02 Å². The molecule has 0 radical (unpaired) electrons. The Hall–Kier alpha value is -1.66. The fourth-order valence-electron chi connectivity index (χ4n) is 1.40. The van der Waals surface area contributed by atoms with Crippen LogP contribution in [0.1, 0.15) is 5.56 Å². The zero-order chi connectivity index (χ0) is 13.3. The van der Waals surface area contributed by atoms with Crippen molar-refractivity contribution in [2.45, 2.75) is 12.1 Å². The van der Waals surface area contributed by atoms with E-state index in [9.17, 15) is 8.42 Å². The minimum Gasteiger partial charge on any atom is -0.254 e. The van der Waals surface area contributed by atoms with Crippen LogP contribution in [0.3, 0.4) is 0 Å². The Morgan fingerprint density at radius 1 is 1.28 bits per heavy atom. The number of pyridine rings is 1. The molecule has 0 fully saturated rings. The minimum atomic E-state index is -3.72. The summed E-state index contributed by atoms with van der Waals surface area (Å²) in [5.74, 6) is 0. The second kappa shape index (κ2) is 4.55. The topological polar surface area (TPSA) is 72.8 Å². The number of sulfone groups is 1. The smallest absolute Gasteiger partial charge is 0.254 e. The Morgan fingerprint density at radius 3 is 2.61 bits per heavy atom. The van der Waals surface area contributed by atoms with Crippen LogP contribution < -0.4 is 0 Å². The van der Waals surface area contributed by atoms with Crippen LogP contribution in [-0.2, 0) is 9.84 Å². The normalized spacial score (nSPS) is 11.4. The summed E-state index contributed by atoms with van der Waals surface area (Å²) in [7, 11) is -3.72. The van der Waals surface area contributed by atoms with Gasteiger partial charge in [-0.1, -0.05) is 17.7 Å². The summed E-state index contributed by atoms with van der Waals surface area (Å²) < 4.78 is 22.6. The Bertz CT molecular complexity index is 701. The molecule has 0 N–H and O–H groups in total. The maximum Gasteiger partial charge on any atom is 0.354 e. The van der Waals surface area contributed by atoms with Gasteiger partial charge in [0.25, 0.3) is 5.16 Å². The van der Waals surface area contributed by atoms with E-state index in [-0.39, 0.29) is 15.9 Å². The maximum atomic E-state index is 11.3. The molecule has 0 aliphatic rings. The van der Waals surface area contributed by atoms with E-state index in [0.717, 1.165) is 5.56 Å². The lowest BCUT2D eigenvalue weighted by atomic mass is 10.1. The molecular formula is C11H9ClN3O2S+.